The Labute approximate surface area is 117 Å². The van der Waals surface area contributed by atoms with Crippen LogP contribution in [-0.2, 0) is 9.47 Å². The summed E-state index contributed by atoms with van der Waals surface area (Å²) in [5, 5.41) is 2.75. The second kappa shape index (κ2) is 7.21. The van der Waals surface area contributed by atoms with Crippen molar-refractivity contribution in [1.29, 1.82) is 0 Å². The first-order valence-corrected chi connectivity index (χ1v) is 6.60. The number of amides is 2. The third-order valence-corrected chi connectivity index (χ3v) is 3.19. The lowest BCUT2D eigenvalue weighted by atomic mass is 10.1. The number of morpholine rings is 1. The molecular weight excluding hydrogens is 263 g/mol. The highest BCUT2D eigenvalue weighted by Crippen LogP contribution is 2.24. The van der Waals surface area contributed by atoms with Gasteiger partial charge in [-0.1, -0.05) is 18.2 Å². The van der Waals surface area contributed by atoms with Gasteiger partial charge in [0.1, 0.15) is 11.9 Å². The lowest BCUT2D eigenvalue weighted by Crippen LogP contribution is -2.47. The molecule has 5 nitrogen and oxygen atoms in total. The van der Waals surface area contributed by atoms with Crippen molar-refractivity contribution < 1.29 is 18.7 Å². The lowest BCUT2D eigenvalue weighted by Gasteiger charge is -2.33. The Balaban J connectivity index is 1.95. The largest absolute Gasteiger partial charge is 0.383 e. The van der Waals surface area contributed by atoms with Crippen LogP contribution in [0.2, 0.25) is 0 Å². The Morgan fingerprint density at radius 1 is 1.55 bits per heavy atom. The smallest absolute Gasteiger partial charge is 0.317 e. The summed E-state index contributed by atoms with van der Waals surface area (Å²) < 4.78 is 24.2. The minimum Gasteiger partial charge on any atom is -0.383 e. The van der Waals surface area contributed by atoms with E-state index in [1.54, 1.807) is 30.2 Å². The van der Waals surface area contributed by atoms with E-state index in [-0.39, 0.29) is 11.8 Å². The summed E-state index contributed by atoms with van der Waals surface area (Å²) in [4.78, 5) is 13.6. The van der Waals surface area contributed by atoms with E-state index in [1.165, 1.54) is 6.07 Å². The molecule has 1 aromatic rings. The summed E-state index contributed by atoms with van der Waals surface area (Å²) in [6, 6.07) is 6.31. The van der Waals surface area contributed by atoms with Gasteiger partial charge < -0.3 is 19.7 Å². The van der Waals surface area contributed by atoms with Crippen molar-refractivity contribution in [2.45, 2.75) is 6.10 Å². The van der Waals surface area contributed by atoms with Crippen LogP contribution in [0.5, 0.6) is 0 Å². The van der Waals surface area contributed by atoms with Gasteiger partial charge in [-0.3, -0.25) is 0 Å². The van der Waals surface area contributed by atoms with Gasteiger partial charge in [-0.2, -0.15) is 0 Å². The van der Waals surface area contributed by atoms with Crippen LogP contribution >= 0.6 is 0 Å². The SMILES string of the molecule is COCCNC(=O)N1CCOC(c2ccccc2F)C1. The van der Waals surface area contributed by atoms with Crippen LogP contribution < -0.4 is 5.32 Å². The van der Waals surface area contributed by atoms with Gasteiger partial charge >= 0.3 is 6.03 Å². The van der Waals surface area contributed by atoms with Crippen LogP contribution in [0.4, 0.5) is 9.18 Å². The molecule has 20 heavy (non-hydrogen) atoms. The minimum absolute atomic E-state index is 0.174. The standard InChI is InChI=1S/C14H19FN2O3/c1-19-8-6-16-14(18)17-7-9-20-13(10-17)11-4-2-3-5-12(11)15/h2-5,13H,6-10H2,1H3,(H,16,18). The maximum Gasteiger partial charge on any atom is 0.317 e. The highest BCUT2D eigenvalue weighted by atomic mass is 19.1. The number of rotatable bonds is 4. The summed E-state index contributed by atoms with van der Waals surface area (Å²) in [6.07, 6.45) is -0.418. The van der Waals surface area contributed by atoms with Crippen molar-refractivity contribution in [3.05, 3.63) is 35.6 Å². The third kappa shape index (κ3) is 3.68. The van der Waals surface area contributed by atoms with Crippen LogP contribution in [0.3, 0.4) is 0 Å². The molecule has 1 atom stereocenters. The monoisotopic (exact) mass is 282 g/mol. The zero-order valence-corrected chi connectivity index (χ0v) is 11.5. The number of carbonyl (C=O) groups excluding carboxylic acids is 1. The molecule has 1 aliphatic rings. The first-order valence-electron chi connectivity index (χ1n) is 6.60. The summed E-state index contributed by atoms with van der Waals surface area (Å²) in [5.41, 5.74) is 0.488. The number of carbonyl (C=O) groups is 1. The van der Waals surface area contributed by atoms with Crippen LogP contribution in [0, 0.1) is 5.82 Å². The average Bonchev–Trinajstić information content (AvgIpc) is 2.48. The van der Waals surface area contributed by atoms with E-state index in [0.717, 1.165) is 0 Å². The van der Waals surface area contributed by atoms with Crippen molar-refractivity contribution in [3.8, 4) is 0 Å². The molecule has 0 spiro atoms. The maximum atomic E-state index is 13.7. The van der Waals surface area contributed by atoms with E-state index in [1.807, 2.05) is 0 Å². The molecular formula is C14H19FN2O3. The molecule has 2 amide bonds. The Morgan fingerprint density at radius 3 is 3.10 bits per heavy atom. The predicted molar refractivity (Wildman–Crippen MR) is 71.9 cm³/mol. The first kappa shape index (κ1) is 14.7. The highest BCUT2D eigenvalue weighted by molar-refractivity contribution is 5.74. The van der Waals surface area contributed by atoms with E-state index in [2.05, 4.69) is 5.32 Å². The summed E-state index contributed by atoms with van der Waals surface area (Å²) in [7, 11) is 1.58. The normalized spacial score (nSPS) is 18.9. The van der Waals surface area contributed by atoms with Gasteiger partial charge in [0.2, 0.25) is 0 Å². The van der Waals surface area contributed by atoms with Crippen molar-refractivity contribution >= 4 is 6.03 Å². The summed E-state index contributed by atoms with van der Waals surface area (Å²) >= 11 is 0. The quantitative estimate of drug-likeness (QED) is 0.853. The minimum atomic E-state index is -0.418. The lowest BCUT2D eigenvalue weighted by molar-refractivity contribution is -0.0172. The van der Waals surface area contributed by atoms with Crippen molar-refractivity contribution in [2.75, 3.05) is 40.0 Å². The van der Waals surface area contributed by atoms with Crippen LogP contribution in [-0.4, -0.2) is 50.9 Å². The topological polar surface area (TPSA) is 50.8 Å². The third-order valence-electron chi connectivity index (χ3n) is 3.19. The van der Waals surface area contributed by atoms with Crippen LogP contribution in [0.25, 0.3) is 0 Å². The molecule has 1 N–H and O–H groups in total. The maximum absolute atomic E-state index is 13.7. The van der Waals surface area contributed by atoms with Gasteiger partial charge in [0, 0.05) is 25.8 Å². The molecule has 2 rings (SSSR count). The fraction of sp³-hybridized carbons (Fsp3) is 0.500. The number of hydrogen-bond acceptors (Lipinski definition) is 3. The first-order chi connectivity index (χ1) is 9.72. The molecule has 1 unspecified atom stereocenters. The molecule has 1 fully saturated rings. The summed E-state index contributed by atoms with van der Waals surface area (Å²) in [5.74, 6) is -0.306. The second-order valence-corrected chi connectivity index (χ2v) is 4.55. The number of nitrogens with one attached hydrogen (secondary N) is 1. The van der Waals surface area contributed by atoms with E-state index < -0.39 is 6.10 Å². The van der Waals surface area contributed by atoms with Crippen molar-refractivity contribution in [1.82, 2.24) is 10.2 Å². The van der Waals surface area contributed by atoms with Gasteiger partial charge in [0.25, 0.3) is 0 Å². The van der Waals surface area contributed by atoms with Crippen molar-refractivity contribution in [2.24, 2.45) is 0 Å². The molecule has 6 heteroatoms. The zero-order chi connectivity index (χ0) is 14.4. The van der Waals surface area contributed by atoms with E-state index in [4.69, 9.17) is 9.47 Å². The molecule has 1 aromatic carbocycles. The highest BCUT2D eigenvalue weighted by Gasteiger charge is 2.26. The predicted octanol–water partition coefficient (Wildman–Crippen LogP) is 1.55. The molecule has 1 saturated heterocycles. The van der Waals surface area contributed by atoms with Crippen molar-refractivity contribution in [3.63, 3.8) is 0 Å². The zero-order valence-electron chi connectivity index (χ0n) is 11.5. The Hall–Kier alpha value is -1.66. The number of hydrogen-bond donors (Lipinski definition) is 1. The molecule has 110 valence electrons. The number of nitrogens with zero attached hydrogens (tertiary/aromatic N) is 1. The second-order valence-electron chi connectivity index (χ2n) is 4.55. The van der Waals surface area contributed by atoms with Crippen LogP contribution in [0.15, 0.2) is 24.3 Å². The molecule has 0 aliphatic carbocycles. The Kier molecular flexibility index (Phi) is 5.31. The summed E-state index contributed by atoms with van der Waals surface area (Å²) in [6.45, 7) is 2.17. The van der Waals surface area contributed by atoms with Gasteiger partial charge in [-0.15, -0.1) is 0 Å². The number of benzene rings is 1. The molecule has 0 saturated carbocycles. The van der Waals surface area contributed by atoms with Gasteiger partial charge in [0.05, 0.1) is 19.8 Å². The number of urea groups is 1. The molecule has 1 aliphatic heterocycles. The molecule has 0 radical (unpaired) electrons. The van der Waals surface area contributed by atoms with Gasteiger partial charge in [0.15, 0.2) is 0 Å². The Morgan fingerprint density at radius 2 is 2.35 bits per heavy atom. The molecule has 0 bridgehead atoms. The fourth-order valence-corrected chi connectivity index (χ4v) is 2.13. The molecule has 0 aromatic heterocycles. The average molecular weight is 282 g/mol. The van der Waals surface area contributed by atoms with E-state index >= 15 is 0 Å². The number of ether oxygens (including phenoxy) is 2. The van der Waals surface area contributed by atoms with E-state index in [9.17, 15) is 9.18 Å². The molecule has 1 heterocycles. The number of methoxy groups -OCH3 is 1. The van der Waals surface area contributed by atoms with E-state index in [0.29, 0.717) is 38.4 Å². The van der Waals surface area contributed by atoms with Crippen LogP contribution in [0.1, 0.15) is 11.7 Å². The number of halogens is 1. The van der Waals surface area contributed by atoms with Gasteiger partial charge in [-0.05, 0) is 6.07 Å². The van der Waals surface area contributed by atoms with Gasteiger partial charge in [-0.25, -0.2) is 9.18 Å². The Bertz CT molecular complexity index is 456. The fourth-order valence-electron chi connectivity index (χ4n) is 2.13.